The maximum Gasteiger partial charge on any atom is 0.113 e. The minimum Gasteiger partial charge on any atom is -0.392 e. The van der Waals surface area contributed by atoms with Gasteiger partial charge in [0.15, 0.2) is 0 Å². The lowest BCUT2D eigenvalue weighted by atomic mass is 10.1. The molecule has 0 atom stereocenters. The van der Waals surface area contributed by atoms with Gasteiger partial charge in [-0.3, -0.25) is 0 Å². The van der Waals surface area contributed by atoms with Crippen molar-refractivity contribution < 1.29 is 5.11 Å². The van der Waals surface area contributed by atoms with Crippen LogP contribution >= 0.6 is 0 Å². The van der Waals surface area contributed by atoms with Crippen LogP contribution < -0.4 is 10.4 Å². The summed E-state index contributed by atoms with van der Waals surface area (Å²) in [5.41, 5.74) is 3.88. The smallest absolute Gasteiger partial charge is 0.113 e. The molecular formula is C19H24OSi. The van der Waals surface area contributed by atoms with E-state index in [0.717, 1.165) is 0 Å². The van der Waals surface area contributed by atoms with Crippen LogP contribution in [0.25, 0.3) is 6.08 Å². The molecule has 0 amide bonds. The Labute approximate surface area is 129 Å². The van der Waals surface area contributed by atoms with Gasteiger partial charge in [-0.1, -0.05) is 84.0 Å². The lowest BCUT2D eigenvalue weighted by Gasteiger charge is -2.28. The highest BCUT2D eigenvalue weighted by atomic mass is 28.3. The SMILES string of the molecule is Cc1cc(C)c([Si](C)(C)c2ccccc2)c(C=CCO)c1. The molecule has 0 heterocycles. The van der Waals surface area contributed by atoms with Gasteiger partial charge in [0.05, 0.1) is 6.61 Å². The third-order valence-electron chi connectivity index (χ3n) is 4.03. The molecule has 2 heteroatoms. The Kier molecular flexibility index (Phi) is 4.81. The first-order valence-electron chi connectivity index (χ1n) is 7.41. The summed E-state index contributed by atoms with van der Waals surface area (Å²) in [4.78, 5) is 0. The molecule has 0 radical (unpaired) electrons. The first kappa shape index (κ1) is 15.7. The average molecular weight is 296 g/mol. The van der Waals surface area contributed by atoms with Crippen molar-refractivity contribution in [1.82, 2.24) is 0 Å². The molecule has 0 saturated carbocycles. The van der Waals surface area contributed by atoms with Gasteiger partial charge in [-0.2, -0.15) is 0 Å². The van der Waals surface area contributed by atoms with Crippen molar-refractivity contribution in [3.63, 3.8) is 0 Å². The summed E-state index contributed by atoms with van der Waals surface area (Å²) in [5.74, 6) is 0. The molecule has 110 valence electrons. The molecule has 1 nitrogen and oxygen atoms in total. The van der Waals surface area contributed by atoms with E-state index >= 15 is 0 Å². The maximum atomic E-state index is 9.10. The molecule has 2 aromatic carbocycles. The van der Waals surface area contributed by atoms with E-state index in [2.05, 4.69) is 75.5 Å². The number of hydrogen-bond donors (Lipinski definition) is 1. The van der Waals surface area contributed by atoms with E-state index in [9.17, 15) is 0 Å². The molecule has 0 unspecified atom stereocenters. The van der Waals surface area contributed by atoms with Crippen molar-refractivity contribution in [2.75, 3.05) is 6.61 Å². The molecule has 0 saturated heterocycles. The van der Waals surface area contributed by atoms with E-state index < -0.39 is 8.07 Å². The zero-order chi connectivity index (χ0) is 15.5. The predicted molar refractivity (Wildman–Crippen MR) is 95.2 cm³/mol. The van der Waals surface area contributed by atoms with E-state index in [4.69, 9.17) is 5.11 Å². The van der Waals surface area contributed by atoms with Crippen molar-refractivity contribution in [2.45, 2.75) is 26.9 Å². The average Bonchev–Trinajstić information content (AvgIpc) is 2.45. The number of aliphatic hydroxyl groups is 1. The number of benzene rings is 2. The molecule has 0 spiro atoms. The van der Waals surface area contributed by atoms with Crippen molar-refractivity contribution in [2.24, 2.45) is 0 Å². The van der Waals surface area contributed by atoms with E-state index in [1.165, 1.54) is 27.1 Å². The van der Waals surface area contributed by atoms with E-state index in [1.54, 1.807) is 0 Å². The first-order chi connectivity index (χ1) is 9.96. The van der Waals surface area contributed by atoms with Gasteiger partial charge in [0.2, 0.25) is 0 Å². The molecule has 2 rings (SSSR count). The number of aliphatic hydroxyl groups excluding tert-OH is 1. The highest BCUT2D eigenvalue weighted by Gasteiger charge is 2.29. The highest BCUT2D eigenvalue weighted by molar-refractivity contribution is 7.01. The Hall–Kier alpha value is -1.64. The molecule has 0 fully saturated rings. The van der Waals surface area contributed by atoms with Crippen molar-refractivity contribution in [3.05, 3.63) is 65.2 Å². The minimum absolute atomic E-state index is 0.0831. The Balaban J connectivity index is 2.64. The van der Waals surface area contributed by atoms with Gasteiger partial charge in [0.1, 0.15) is 8.07 Å². The molecule has 21 heavy (non-hydrogen) atoms. The third kappa shape index (κ3) is 3.34. The number of aryl methyl sites for hydroxylation is 2. The Morgan fingerprint density at radius 3 is 2.33 bits per heavy atom. The fraction of sp³-hybridized carbons (Fsp3) is 0.263. The Morgan fingerprint density at radius 1 is 1.05 bits per heavy atom. The van der Waals surface area contributed by atoms with Crippen molar-refractivity contribution in [1.29, 1.82) is 0 Å². The molecule has 0 aliphatic rings. The van der Waals surface area contributed by atoms with Gasteiger partial charge in [-0.15, -0.1) is 0 Å². The fourth-order valence-corrected chi connectivity index (χ4v) is 6.41. The second-order valence-corrected chi connectivity index (χ2v) is 10.4. The first-order valence-corrected chi connectivity index (χ1v) is 10.4. The standard InChI is InChI=1S/C19H24OSi/c1-15-13-16(2)19(17(14-15)9-8-12-20)21(3,4)18-10-6-5-7-11-18/h5-11,13-14,20H,12H2,1-4H3. The molecule has 2 aromatic rings. The van der Waals surface area contributed by atoms with Crippen LogP contribution in [0.2, 0.25) is 13.1 Å². The normalized spacial score (nSPS) is 12.0. The molecule has 0 aliphatic heterocycles. The van der Waals surface area contributed by atoms with E-state index in [-0.39, 0.29) is 6.61 Å². The van der Waals surface area contributed by atoms with Crippen LogP contribution in [0.3, 0.4) is 0 Å². The lowest BCUT2D eigenvalue weighted by Crippen LogP contribution is -2.55. The van der Waals surface area contributed by atoms with E-state index in [0.29, 0.717) is 0 Å². The molecule has 0 bridgehead atoms. The topological polar surface area (TPSA) is 20.2 Å². The molecule has 1 N–H and O–H groups in total. The lowest BCUT2D eigenvalue weighted by molar-refractivity contribution is 0.343. The Bertz CT molecular complexity index is 642. The second kappa shape index (κ2) is 6.42. The van der Waals surface area contributed by atoms with Crippen LogP contribution in [-0.2, 0) is 0 Å². The quantitative estimate of drug-likeness (QED) is 0.860. The largest absolute Gasteiger partial charge is 0.392 e. The monoisotopic (exact) mass is 296 g/mol. The van der Waals surface area contributed by atoms with Crippen LogP contribution in [0, 0.1) is 13.8 Å². The summed E-state index contributed by atoms with van der Waals surface area (Å²) in [6.45, 7) is 9.22. The third-order valence-corrected chi connectivity index (χ3v) is 7.74. The van der Waals surface area contributed by atoms with Crippen LogP contribution in [0.5, 0.6) is 0 Å². The van der Waals surface area contributed by atoms with Gasteiger partial charge in [0, 0.05) is 0 Å². The van der Waals surface area contributed by atoms with Crippen LogP contribution in [-0.4, -0.2) is 19.8 Å². The Morgan fingerprint density at radius 2 is 1.71 bits per heavy atom. The number of rotatable bonds is 4. The summed E-state index contributed by atoms with van der Waals surface area (Å²) in [7, 11) is -1.75. The van der Waals surface area contributed by atoms with Gasteiger partial charge in [-0.25, -0.2) is 0 Å². The predicted octanol–water partition coefficient (Wildman–Crippen LogP) is 3.13. The maximum absolute atomic E-state index is 9.10. The summed E-state index contributed by atoms with van der Waals surface area (Å²) < 4.78 is 0. The minimum atomic E-state index is -1.75. The molecular weight excluding hydrogens is 272 g/mol. The number of hydrogen-bond acceptors (Lipinski definition) is 1. The van der Waals surface area contributed by atoms with E-state index in [1.807, 2.05) is 6.08 Å². The van der Waals surface area contributed by atoms with Crippen LogP contribution in [0.1, 0.15) is 16.7 Å². The summed E-state index contributed by atoms with van der Waals surface area (Å²) in [6, 6.07) is 15.3. The van der Waals surface area contributed by atoms with Gasteiger partial charge in [-0.05, 0) is 24.6 Å². The molecule has 0 aromatic heterocycles. The van der Waals surface area contributed by atoms with Crippen molar-refractivity contribution >= 4 is 24.5 Å². The van der Waals surface area contributed by atoms with Gasteiger partial charge in [0.25, 0.3) is 0 Å². The highest BCUT2D eigenvalue weighted by Crippen LogP contribution is 2.16. The summed E-state index contributed by atoms with van der Waals surface area (Å²) >= 11 is 0. The zero-order valence-corrected chi connectivity index (χ0v) is 14.4. The van der Waals surface area contributed by atoms with Gasteiger partial charge >= 0.3 is 0 Å². The van der Waals surface area contributed by atoms with Crippen LogP contribution in [0.4, 0.5) is 0 Å². The van der Waals surface area contributed by atoms with Gasteiger partial charge < -0.3 is 5.11 Å². The fourth-order valence-electron chi connectivity index (χ4n) is 3.16. The molecule has 0 aliphatic carbocycles. The summed E-state index contributed by atoms with van der Waals surface area (Å²) in [6.07, 6.45) is 3.89. The summed E-state index contributed by atoms with van der Waals surface area (Å²) in [5, 5.41) is 12.0. The van der Waals surface area contributed by atoms with Crippen LogP contribution in [0.15, 0.2) is 48.5 Å². The van der Waals surface area contributed by atoms with Crippen molar-refractivity contribution in [3.8, 4) is 0 Å². The zero-order valence-electron chi connectivity index (χ0n) is 13.4. The second-order valence-electron chi connectivity index (χ2n) is 6.12.